The molecule has 1 aromatic rings. The summed E-state index contributed by atoms with van der Waals surface area (Å²) in [6.45, 7) is 2.04. The predicted molar refractivity (Wildman–Crippen MR) is 94.9 cm³/mol. The first-order valence-electron chi connectivity index (χ1n) is 8.18. The van der Waals surface area contributed by atoms with Crippen molar-refractivity contribution in [2.45, 2.75) is 57.7 Å². The van der Waals surface area contributed by atoms with E-state index in [1.54, 1.807) is 18.2 Å². The molecule has 1 saturated carbocycles. The first-order valence-corrected chi connectivity index (χ1v) is 8.18. The fourth-order valence-electron chi connectivity index (χ4n) is 2.81. The summed E-state index contributed by atoms with van der Waals surface area (Å²) in [5.41, 5.74) is 0.422. The standard InChI is InChI=1S/C18H25FN2O.ClH/c1-2-17(20-15-9-4-3-5-10-15)21-18(22)13-12-14-8-6-7-11-16(14)19;/h6-8,11-13,15,17,20H,2-5,9-10H2,1H3,(H,21,22);1H. The first kappa shape index (κ1) is 19.7. The Kier molecular flexibility index (Phi) is 8.89. The third-order valence-electron chi connectivity index (χ3n) is 4.09. The Morgan fingerprint density at radius 2 is 2.00 bits per heavy atom. The molecule has 1 atom stereocenters. The highest BCUT2D eigenvalue weighted by atomic mass is 35.5. The molecule has 1 aliphatic rings. The third kappa shape index (κ3) is 6.71. The lowest BCUT2D eigenvalue weighted by molar-refractivity contribution is -0.117. The lowest BCUT2D eigenvalue weighted by Gasteiger charge is -2.28. The summed E-state index contributed by atoms with van der Waals surface area (Å²) in [5, 5.41) is 6.45. The monoisotopic (exact) mass is 340 g/mol. The maximum atomic E-state index is 13.5. The Bertz CT molecular complexity index is 515. The van der Waals surface area contributed by atoms with Gasteiger partial charge in [0, 0.05) is 17.7 Å². The maximum Gasteiger partial charge on any atom is 0.245 e. The highest BCUT2D eigenvalue weighted by Gasteiger charge is 2.17. The average molecular weight is 341 g/mol. The molecule has 0 aromatic heterocycles. The van der Waals surface area contributed by atoms with E-state index in [0.717, 1.165) is 6.42 Å². The minimum absolute atomic E-state index is 0. The molecule has 0 radical (unpaired) electrons. The Morgan fingerprint density at radius 1 is 1.30 bits per heavy atom. The summed E-state index contributed by atoms with van der Waals surface area (Å²) in [6.07, 6.45) is 9.89. The van der Waals surface area contributed by atoms with Crippen LogP contribution in [0.15, 0.2) is 30.3 Å². The van der Waals surface area contributed by atoms with Crippen LogP contribution in [0.3, 0.4) is 0 Å². The molecule has 0 bridgehead atoms. The molecule has 1 amide bonds. The molecular weight excluding hydrogens is 315 g/mol. The van der Waals surface area contributed by atoms with Crippen LogP contribution in [0.2, 0.25) is 0 Å². The fourth-order valence-corrected chi connectivity index (χ4v) is 2.81. The van der Waals surface area contributed by atoms with Crippen molar-refractivity contribution in [2.75, 3.05) is 0 Å². The van der Waals surface area contributed by atoms with E-state index >= 15 is 0 Å². The van der Waals surface area contributed by atoms with Gasteiger partial charge in [-0.05, 0) is 31.4 Å². The van der Waals surface area contributed by atoms with E-state index in [9.17, 15) is 9.18 Å². The van der Waals surface area contributed by atoms with Crippen molar-refractivity contribution in [3.05, 3.63) is 41.7 Å². The largest absolute Gasteiger partial charge is 0.337 e. The van der Waals surface area contributed by atoms with Crippen LogP contribution in [-0.2, 0) is 4.79 Å². The summed E-state index contributed by atoms with van der Waals surface area (Å²) >= 11 is 0. The Morgan fingerprint density at radius 3 is 2.65 bits per heavy atom. The van der Waals surface area contributed by atoms with Crippen molar-refractivity contribution in [3.63, 3.8) is 0 Å². The van der Waals surface area contributed by atoms with Gasteiger partial charge in [0.25, 0.3) is 0 Å². The van der Waals surface area contributed by atoms with Gasteiger partial charge in [-0.2, -0.15) is 0 Å². The zero-order valence-corrected chi connectivity index (χ0v) is 14.4. The number of benzene rings is 1. The molecule has 3 nitrogen and oxygen atoms in total. The zero-order chi connectivity index (χ0) is 15.8. The highest BCUT2D eigenvalue weighted by molar-refractivity contribution is 5.91. The first-order chi connectivity index (χ1) is 10.7. The highest BCUT2D eigenvalue weighted by Crippen LogP contribution is 2.17. The van der Waals surface area contributed by atoms with Gasteiger partial charge in [0.2, 0.25) is 5.91 Å². The van der Waals surface area contributed by atoms with Gasteiger partial charge in [-0.1, -0.05) is 44.4 Å². The molecule has 1 fully saturated rings. The Balaban J connectivity index is 0.00000264. The molecule has 1 aromatic carbocycles. The Hall–Kier alpha value is -1.39. The molecular formula is C18H26ClFN2O. The van der Waals surface area contributed by atoms with E-state index in [1.165, 1.54) is 50.3 Å². The van der Waals surface area contributed by atoms with Gasteiger partial charge in [0.05, 0.1) is 6.17 Å². The van der Waals surface area contributed by atoms with Crippen molar-refractivity contribution < 1.29 is 9.18 Å². The molecule has 0 spiro atoms. The lowest BCUT2D eigenvalue weighted by atomic mass is 9.95. The number of amides is 1. The summed E-state index contributed by atoms with van der Waals surface area (Å²) in [7, 11) is 0. The number of hydrogen-bond donors (Lipinski definition) is 2. The van der Waals surface area contributed by atoms with Crippen molar-refractivity contribution in [1.29, 1.82) is 0 Å². The molecule has 1 unspecified atom stereocenters. The van der Waals surface area contributed by atoms with Crippen LogP contribution < -0.4 is 10.6 Å². The van der Waals surface area contributed by atoms with E-state index in [4.69, 9.17) is 0 Å². The van der Waals surface area contributed by atoms with Gasteiger partial charge in [-0.25, -0.2) is 4.39 Å². The third-order valence-corrected chi connectivity index (χ3v) is 4.09. The van der Waals surface area contributed by atoms with Crippen molar-refractivity contribution in [2.24, 2.45) is 0 Å². The smallest absolute Gasteiger partial charge is 0.245 e. The second-order valence-corrected chi connectivity index (χ2v) is 5.83. The van der Waals surface area contributed by atoms with Gasteiger partial charge in [0.1, 0.15) is 5.82 Å². The molecule has 2 rings (SSSR count). The normalized spacial score (nSPS) is 16.8. The van der Waals surface area contributed by atoms with Crippen molar-refractivity contribution >= 4 is 24.4 Å². The van der Waals surface area contributed by atoms with E-state index in [1.807, 2.05) is 6.92 Å². The van der Waals surface area contributed by atoms with Crippen LogP contribution in [0.4, 0.5) is 4.39 Å². The number of hydrogen-bond acceptors (Lipinski definition) is 2. The Labute approximate surface area is 144 Å². The van der Waals surface area contributed by atoms with Crippen LogP contribution in [0.25, 0.3) is 6.08 Å². The summed E-state index contributed by atoms with van der Waals surface area (Å²) < 4.78 is 13.5. The maximum absolute atomic E-state index is 13.5. The minimum atomic E-state index is -0.320. The van der Waals surface area contributed by atoms with Crippen LogP contribution >= 0.6 is 12.4 Å². The van der Waals surface area contributed by atoms with E-state index in [0.29, 0.717) is 11.6 Å². The molecule has 2 N–H and O–H groups in total. The van der Waals surface area contributed by atoms with Crippen LogP contribution in [0.5, 0.6) is 0 Å². The second-order valence-electron chi connectivity index (χ2n) is 5.83. The molecule has 5 heteroatoms. The van der Waals surface area contributed by atoms with Crippen molar-refractivity contribution in [1.82, 2.24) is 10.6 Å². The molecule has 0 heterocycles. The quantitative estimate of drug-likeness (QED) is 0.606. The fraction of sp³-hybridized carbons (Fsp3) is 0.500. The van der Waals surface area contributed by atoms with Gasteiger partial charge >= 0.3 is 0 Å². The number of halogens is 2. The second kappa shape index (κ2) is 10.4. The number of nitrogens with one attached hydrogen (secondary N) is 2. The van der Waals surface area contributed by atoms with Gasteiger partial charge < -0.3 is 5.32 Å². The van der Waals surface area contributed by atoms with Crippen LogP contribution in [0, 0.1) is 5.82 Å². The van der Waals surface area contributed by atoms with Crippen molar-refractivity contribution in [3.8, 4) is 0 Å². The van der Waals surface area contributed by atoms with Crippen LogP contribution in [0.1, 0.15) is 51.0 Å². The predicted octanol–water partition coefficient (Wildman–Crippen LogP) is 4.04. The number of rotatable bonds is 6. The zero-order valence-electron chi connectivity index (χ0n) is 13.6. The molecule has 0 aliphatic heterocycles. The van der Waals surface area contributed by atoms with Gasteiger partial charge in [0.15, 0.2) is 0 Å². The topological polar surface area (TPSA) is 41.1 Å². The summed E-state index contributed by atoms with van der Waals surface area (Å²) in [6, 6.07) is 6.91. The SMILES string of the molecule is CCC(NC(=O)C=Cc1ccccc1F)NC1CCCCC1.Cl. The molecule has 1 aliphatic carbocycles. The molecule has 0 saturated heterocycles. The van der Waals surface area contributed by atoms with E-state index in [2.05, 4.69) is 10.6 Å². The lowest BCUT2D eigenvalue weighted by Crippen LogP contribution is -2.49. The van der Waals surface area contributed by atoms with Gasteiger partial charge in [-0.15, -0.1) is 12.4 Å². The summed E-state index contributed by atoms with van der Waals surface area (Å²) in [4.78, 5) is 12.0. The number of carbonyl (C=O) groups excluding carboxylic acids is 1. The van der Waals surface area contributed by atoms with E-state index < -0.39 is 0 Å². The molecule has 23 heavy (non-hydrogen) atoms. The van der Waals surface area contributed by atoms with Gasteiger partial charge in [-0.3, -0.25) is 10.1 Å². The minimum Gasteiger partial charge on any atom is -0.337 e. The molecule has 128 valence electrons. The average Bonchev–Trinajstić information content (AvgIpc) is 2.54. The van der Waals surface area contributed by atoms with Crippen LogP contribution in [-0.4, -0.2) is 18.1 Å². The summed E-state index contributed by atoms with van der Waals surface area (Å²) in [5.74, 6) is -0.516. The number of carbonyl (C=O) groups is 1. The van der Waals surface area contributed by atoms with E-state index in [-0.39, 0.29) is 30.3 Å².